The van der Waals surface area contributed by atoms with Gasteiger partial charge in [-0.05, 0) is 23.8 Å². The van der Waals surface area contributed by atoms with Gasteiger partial charge in [-0.25, -0.2) is 0 Å². The van der Waals surface area contributed by atoms with Gasteiger partial charge in [-0.2, -0.15) is 0 Å². The first-order chi connectivity index (χ1) is 7.77. The first-order valence-electron chi connectivity index (χ1n) is 4.87. The molecule has 0 aliphatic heterocycles. The SMILES string of the molecule is Oc1c(Cl)cccc1NCc1cccnc1. The Labute approximate surface area is 98.7 Å². The first kappa shape index (κ1) is 10.8. The molecule has 0 fully saturated rings. The monoisotopic (exact) mass is 234 g/mol. The smallest absolute Gasteiger partial charge is 0.157 e. The Balaban J connectivity index is 2.08. The highest BCUT2D eigenvalue weighted by molar-refractivity contribution is 6.32. The van der Waals surface area contributed by atoms with Gasteiger partial charge in [-0.1, -0.05) is 23.7 Å². The summed E-state index contributed by atoms with van der Waals surface area (Å²) in [6, 6.07) is 9.04. The van der Waals surface area contributed by atoms with E-state index in [1.165, 1.54) is 0 Å². The molecule has 0 amide bonds. The van der Waals surface area contributed by atoms with Crippen LogP contribution < -0.4 is 5.32 Å². The molecule has 16 heavy (non-hydrogen) atoms. The molecule has 0 aliphatic rings. The summed E-state index contributed by atoms with van der Waals surface area (Å²) < 4.78 is 0. The van der Waals surface area contributed by atoms with Crippen molar-refractivity contribution in [1.29, 1.82) is 0 Å². The first-order valence-corrected chi connectivity index (χ1v) is 5.25. The van der Waals surface area contributed by atoms with E-state index in [0.29, 0.717) is 17.3 Å². The quantitative estimate of drug-likeness (QED) is 0.803. The molecule has 0 unspecified atom stereocenters. The Bertz CT molecular complexity index is 474. The number of hydrogen-bond donors (Lipinski definition) is 2. The van der Waals surface area contributed by atoms with Crippen LogP contribution in [0.4, 0.5) is 5.69 Å². The molecule has 0 saturated heterocycles. The Morgan fingerprint density at radius 1 is 1.25 bits per heavy atom. The molecule has 0 saturated carbocycles. The van der Waals surface area contributed by atoms with Crippen molar-refractivity contribution in [3.63, 3.8) is 0 Å². The lowest BCUT2D eigenvalue weighted by atomic mass is 10.2. The van der Waals surface area contributed by atoms with Crippen molar-refractivity contribution < 1.29 is 5.11 Å². The molecule has 3 nitrogen and oxygen atoms in total. The Morgan fingerprint density at radius 3 is 2.88 bits per heavy atom. The third kappa shape index (κ3) is 2.44. The Hall–Kier alpha value is -1.74. The zero-order valence-corrected chi connectivity index (χ0v) is 9.28. The summed E-state index contributed by atoms with van der Waals surface area (Å²) in [6.07, 6.45) is 3.49. The highest BCUT2D eigenvalue weighted by Gasteiger charge is 2.03. The van der Waals surface area contributed by atoms with E-state index >= 15 is 0 Å². The fourth-order valence-corrected chi connectivity index (χ4v) is 1.53. The molecule has 0 radical (unpaired) electrons. The van der Waals surface area contributed by atoms with E-state index in [4.69, 9.17) is 11.6 Å². The predicted octanol–water partition coefficient (Wildman–Crippen LogP) is 3.05. The van der Waals surface area contributed by atoms with Gasteiger partial charge in [0.2, 0.25) is 0 Å². The molecule has 1 heterocycles. The molecule has 1 aromatic heterocycles. The zero-order valence-electron chi connectivity index (χ0n) is 8.52. The lowest BCUT2D eigenvalue weighted by Crippen LogP contribution is -1.99. The molecule has 2 rings (SSSR count). The molecule has 0 atom stereocenters. The predicted molar refractivity (Wildman–Crippen MR) is 64.7 cm³/mol. The summed E-state index contributed by atoms with van der Waals surface area (Å²) in [5, 5.41) is 13.1. The van der Waals surface area contributed by atoms with Crippen LogP contribution in [0.2, 0.25) is 5.02 Å². The molecule has 1 aromatic carbocycles. The summed E-state index contributed by atoms with van der Waals surface area (Å²) >= 11 is 5.79. The number of phenolic OH excluding ortho intramolecular Hbond substituents is 1. The fourth-order valence-electron chi connectivity index (χ4n) is 1.36. The number of hydrogen-bond acceptors (Lipinski definition) is 3. The number of nitrogens with zero attached hydrogens (tertiary/aromatic N) is 1. The topological polar surface area (TPSA) is 45.1 Å². The molecule has 0 spiro atoms. The number of aromatic nitrogens is 1. The van der Waals surface area contributed by atoms with Crippen LogP contribution >= 0.6 is 11.6 Å². The number of rotatable bonds is 3. The summed E-state index contributed by atoms with van der Waals surface area (Å²) in [5.41, 5.74) is 1.67. The molecule has 4 heteroatoms. The van der Waals surface area contributed by atoms with Gasteiger partial charge in [0.1, 0.15) is 0 Å². The second-order valence-electron chi connectivity index (χ2n) is 3.35. The number of phenols is 1. The van der Waals surface area contributed by atoms with Gasteiger partial charge in [0.25, 0.3) is 0 Å². The average molecular weight is 235 g/mol. The van der Waals surface area contributed by atoms with Crippen LogP contribution in [0.1, 0.15) is 5.56 Å². The van der Waals surface area contributed by atoms with E-state index in [1.54, 1.807) is 30.6 Å². The Kier molecular flexibility index (Phi) is 3.27. The number of anilines is 1. The minimum atomic E-state index is 0.0769. The van der Waals surface area contributed by atoms with Gasteiger partial charge in [-0.3, -0.25) is 4.98 Å². The van der Waals surface area contributed by atoms with E-state index in [0.717, 1.165) is 5.56 Å². The maximum Gasteiger partial charge on any atom is 0.157 e. The highest BCUT2D eigenvalue weighted by Crippen LogP contribution is 2.31. The van der Waals surface area contributed by atoms with Gasteiger partial charge in [0, 0.05) is 18.9 Å². The van der Waals surface area contributed by atoms with Crippen LogP contribution in [0.5, 0.6) is 5.75 Å². The van der Waals surface area contributed by atoms with Gasteiger partial charge in [0.05, 0.1) is 10.7 Å². The number of aromatic hydroxyl groups is 1. The Morgan fingerprint density at radius 2 is 2.12 bits per heavy atom. The zero-order chi connectivity index (χ0) is 11.4. The van der Waals surface area contributed by atoms with E-state index < -0.39 is 0 Å². The maximum absolute atomic E-state index is 9.67. The van der Waals surface area contributed by atoms with Gasteiger partial charge in [-0.15, -0.1) is 0 Å². The normalized spacial score (nSPS) is 10.1. The van der Waals surface area contributed by atoms with Crippen molar-refractivity contribution in [3.05, 3.63) is 53.3 Å². The van der Waals surface area contributed by atoms with Crippen LogP contribution in [0.25, 0.3) is 0 Å². The lowest BCUT2D eigenvalue weighted by molar-refractivity contribution is 0.477. The summed E-state index contributed by atoms with van der Waals surface area (Å²) in [4.78, 5) is 4.01. The van der Waals surface area contributed by atoms with Crippen LogP contribution in [0.15, 0.2) is 42.7 Å². The van der Waals surface area contributed by atoms with Gasteiger partial charge >= 0.3 is 0 Å². The molecule has 82 valence electrons. The van der Waals surface area contributed by atoms with Crippen molar-refractivity contribution in [2.45, 2.75) is 6.54 Å². The van der Waals surface area contributed by atoms with Crippen molar-refractivity contribution in [1.82, 2.24) is 4.98 Å². The second kappa shape index (κ2) is 4.86. The fraction of sp³-hybridized carbons (Fsp3) is 0.0833. The largest absolute Gasteiger partial charge is 0.504 e. The summed E-state index contributed by atoms with van der Waals surface area (Å²) in [7, 11) is 0. The minimum absolute atomic E-state index is 0.0769. The van der Waals surface area contributed by atoms with Crippen molar-refractivity contribution in [2.24, 2.45) is 0 Å². The second-order valence-corrected chi connectivity index (χ2v) is 3.76. The van der Waals surface area contributed by atoms with E-state index in [-0.39, 0.29) is 5.75 Å². The van der Waals surface area contributed by atoms with Crippen LogP contribution in [-0.2, 0) is 6.54 Å². The van der Waals surface area contributed by atoms with E-state index in [1.807, 2.05) is 12.1 Å². The van der Waals surface area contributed by atoms with Crippen LogP contribution in [0.3, 0.4) is 0 Å². The lowest BCUT2D eigenvalue weighted by Gasteiger charge is -2.08. The van der Waals surface area contributed by atoms with Crippen molar-refractivity contribution in [2.75, 3.05) is 5.32 Å². The van der Waals surface area contributed by atoms with Crippen molar-refractivity contribution >= 4 is 17.3 Å². The number of pyridine rings is 1. The summed E-state index contributed by atoms with van der Waals surface area (Å²) in [5.74, 6) is 0.0769. The molecule has 0 aliphatic carbocycles. The number of para-hydroxylation sites is 1. The van der Waals surface area contributed by atoms with Crippen molar-refractivity contribution in [3.8, 4) is 5.75 Å². The molecule has 2 N–H and O–H groups in total. The number of benzene rings is 1. The molecule has 0 bridgehead atoms. The molecule has 2 aromatic rings. The van der Waals surface area contributed by atoms with Gasteiger partial charge < -0.3 is 10.4 Å². The van der Waals surface area contributed by atoms with E-state index in [2.05, 4.69) is 10.3 Å². The van der Waals surface area contributed by atoms with Crippen LogP contribution in [0, 0.1) is 0 Å². The molecular formula is C12H11ClN2O. The summed E-state index contributed by atoms with van der Waals surface area (Å²) in [6.45, 7) is 0.599. The van der Waals surface area contributed by atoms with Gasteiger partial charge in [0.15, 0.2) is 5.75 Å². The highest BCUT2D eigenvalue weighted by atomic mass is 35.5. The molecular weight excluding hydrogens is 224 g/mol. The third-order valence-corrected chi connectivity index (χ3v) is 2.50. The third-order valence-electron chi connectivity index (χ3n) is 2.19. The van der Waals surface area contributed by atoms with E-state index in [9.17, 15) is 5.11 Å². The average Bonchev–Trinajstić information content (AvgIpc) is 2.32. The minimum Gasteiger partial charge on any atom is -0.504 e. The number of nitrogens with one attached hydrogen (secondary N) is 1. The maximum atomic E-state index is 9.67. The standard InChI is InChI=1S/C12H11ClN2O/c13-10-4-1-5-11(12(10)16)15-8-9-3-2-6-14-7-9/h1-7,15-16H,8H2. The number of halogens is 1. The van der Waals surface area contributed by atoms with Crippen LogP contribution in [-0.4, -0.2) is 10.1 Å².